The zero-order chi connectivity index (χ0) is 14.9. The molecule has 108 valence electrons. The molecule has 2 aromatic rings. The monoisotopic (exact) mass is 282 g/mol. The molecule has 0 aliphatic carbocycles. The summed E-state index contributed by atoms with van der Waals surface area (Å²) in [6.45, 7) is 2.84. The normalized spacial score (nSPS) is 11.3. The minimum atomic E-state index is -0.351. The van der Waals surface area contributed by atoms with Crippen LogP contribution >= 0.6 is 0 Å². The third-order valence-electron chi connectivity index (χ3n) is 2.74. The molecule has 0 spiro atoms. The molecule has 0 amide bonds. The van der Waals surface area contributed by atoms with Crippen LogP contribution in [0, 0.1) is 0 Å². The third kappa shape index (κ3) is 5.10. The Morgan fingerprint density at radius 2 is 2.05 bits per heavy atom. The first-order chi connectivity index (χ1) is 10.3. The van der Waals surface area contributed by atoms with Crippen molar-refractivity contribution in [3.8, 4) is 0 Å². The van der Waals surface area contributed by atoms with E-state index in [1.165, 1.54) is 6.08 Å². The number of carbonyl (C=O) groups is 1. The lowest BCUT2D eigenvalue weighted by Crippen LogP contribution is -1.99. The molecule has 0 aliphatic rings. The SMILES string of the molecule is CCOC(=O)/C=C/c1ccn(CC=Cc2ccccc2)n1. The number of aromatic nitrogens is 2. The molecule has 0 aliphatic heterocycles. The highest BCUT2D eigenvalue weighted by molar-refractivity contribution is 5.86. The van der Waals surface area contributed by atoms with E-state index in [2.05, 4.69) is 11.2 Å². The van der Waals surface area contributed by atoms with Crippen LogP contribution in [-0.2, 0) is 16.1 Å². The van der Waals surface area contributed by atoms with Crippen LogP contribution in [0.3, 0.4) is 0 Å². The molecular formula is C17H18N2O2. The zero-order valence-electron chi connectivity index (χ0n) is 12.0. The standard InChI is InChI=1S/C17H18N2O2/c1-2-21-17(20)11-10-16-12-14-19(18-16)13-6-9-15-7-4-3-5-8-15/h3-12,14H,2,13H2,1H3/b9-6?,11-10+. The van der Waals surface area contributed by atoms with Gasteiger partial charge in [0.2, 0.25) is 0 Å². The van der Waals surface area contributed by atoms with E-state index in [1.807, 2.05) is 53.4 Å². The maximum absolute atomic E-state index is 11.2. The van der Waals surface area contributed by atoms with Gasteiger partial charge in [-0.2, -0.15) is 5.10 Å². The molecule has 2 rings (SSSR count). The van der Waals surface area contributed by atoms with Crippen molar-refractivity contribution < 1.29 is 9.53 Å². The van der Waals surface area contributed by atoms with Crippen LogP contribution in [0.2, 0.25) is 0 Å². The highest BCUT2D eigenvalue weighted by Gasteiger charge is 1.97. The van der Waals surface area contributed by atoms with Gasteiger partial charge in [0, 0.05) is 12.3 Å². The van der Waals surface area contributed by atoms with Crippen LogP contribution in [0.5, 0.6) is 0 Å². The number of hydrogen-bond acceptors (Lipinski definition) is 3. The van der Waals surface area contributed by atoms with Crippen molar-refractivity contribution >= 4 is 18.1 Å². The van der Waals surface area contributed by atoms with Gasteiger partial charge in [-0.25, -0.2) is 4.79 Å². The van der Waals surface area contributed by atoms with Crippen LogP contribution in [-0.4, -0.2) is 22.4 Å². The molecule has 0 unspecified atom stereocenters. The largest absolute Gasteiger partial charge is 0.463 e. The summed E-state index contributed by atoms with van der Waals surface area (Å²) in [4.78, 5) is 11.2. The quantitative estimate of drug-likeness (QED) is 0.604. The van der Waals surface area contributed by atoms with Crippen molar-refractivity contribution in [2.45, 2.75) is 13.5 Å². The predicted octanol–water partition coefficient (Wildman–Crippen LogP) is 3.17. The Kier molecular flexibility index (Phi) is 5.52. The second-order valence-corrected chi connectivity index (χ2v) is 4.36. The number of carbonyl (C=O) groups excluding carboxylic acids is 1. The van der Waals surface area contributed by atoms with E-state index in [-0.39, 0.29) is 5.97 Å². The summed E-state index contributed by atoms with van der Waals surface area (Å²) in [6, 6.07) is 12.0. The van der Waals surface area contributed by atoms with Crippen molar-refractivity contribution in [1.29, 1.82) is 0 Å². The van der Waals surface area contributed by atoms with Crippen molar-refractivity contribution in [1.82, 2.24) is 9.78 Å². The van der Waals surface area contributed by atoms with Gasteiger partial charge in [0.05, 0.1) is 18.8 Å². The molecule has 0 bridgehead atoms. The molecule has 0 saturated carbocycles. The number of hydrogen-bond donors (Lipinski definition) is 0. The van der Waals surface area contributed by atoms with Crippen molar-refractivity contribution in [2.75, 3.05) is 6.61 Å². The lowest BCUT2D eigenvalue weighted by atomic mass is 10.2. The fourth-order valence-corrected chi connectivity index (χ4v) is 1.77. The van der Waals surface area contributed by atoms with Gasteiger partial charge in [-0.3, -0.25) is 4.68 Å². The van der Waals surface area contributed by atoms with Gasteiger partial charge in [-0.15, -0.1) is 0 Å². The van der Waals surface area contributed by atoms with E-state index in [4.69, 9.17) is 4.74 Å². The fraction of sp³-hybridized carbons (Fsp3) is 0.176. The minimum absolute atomic E-state index is 0.351. The molecule has 4 heteroatoms. The van der Waals surface area contributed by atoms with E-state index < -0.39 is 0 Å². The lowest BCUT2D eigenvalue weighted by molar-refractivity contribution is -0.137. The second-order valence-electron chi connectivity index (χ2n) is 4.36. The summed E-state index contributed by atoms with van der Waals surface area (Å²) in [5.41, 5.74) is 1.89. The van der Waals surface area contributed by atoms with E-state index in [1.54, 1.807) is 13.0 Å². The smallest absolute Gasteiger partial charge is 0.330 e. The summed E-state index contributed by atoms with van der Waals surface area (Å²) >= 11 is 0. The van der Waals surface area contributed by atoms with Gasteiger partial charge in [0.25, 0.3) is 0 Å². The van der Waals surface area contributed by atoms with Crippen molar-refractivity contribution in [2.24, 2.45) is 0 Å². The van der Waals surface area contributed by atoms with E-state index in [0.717, 1.165) is 11.3 Å². The summed E-state index contributed by atoms with van der Waals surface area (Å²) in [5, 5.41) is 4.34. The van der Waals surface area contributed by atoms with Crippen LogP contribution in [0.1, 0.15) is 18.2 Å². The Morgan fingerprint density at radius 3 is 2.81 bits per heavy atom. The molecule has 0 N–H and O–H groups in total. The number of ether oxygens (including phenoxy) is 1. The molecule has 0 atom stereocenters. The Morgan fingerprint density at radius 1 is 1.24 bits per heavy atom. The third-order valence-corrected chi connectivity index (χ3v) is 2.74. The first-order valence-corrected chi connectivity index (χ1v) is 6.88. The number of nitrogens with zero attached hydrogens (tertiary/aromatic N) is 2. The van der Waals surface area contributed by atoms with E-state index in [9.17, 15) is 4.79 Å². The maximum Gasteiger partial charge on any atom is 0.330 e. The van der Waals surface area contributed by atoms with Crippen LogP contribution in [0.4, 0.5) is 0 Å². The Balaban J connectivity index is 1.88. The molecule has 0 radical (unpaired) electrons. The lowest BCUT2D eigenvalue weighted by Gasteiger charge is -1.95. The van der Waals surface area contributed by atoms with Gasteiger partial charge in [-0.05, 0) is 24.6 Å². The summed E-state index contributed by atoms with van der Waals surface area (Å²) in [5.74, 6) is -0.351. The van der Waals surface area contributed by atoms with Gasteiger partial charge < -0.3 is 4.74 Å². The van der Waals surface area contributed by atoms with E-state index >= 15 is 0 Å². The first-order valence-electron chi connectivity index (χ1n) is 6.88. The molecule has 1 aromatic carbocycles. The average molecular weight is 282 g/mol. The number of allylic oxidation sites excluding steroid dienone is 1. The Labute approximate surface area is 124 Å². The number of benzene rings is 1. The molecule has 21 heavy (non-hydrogen) atoms. The molecule has 1 aromatic heterocycles. The van der Waals surface area contributed by atoms with Crippen LogP contribution in [0.25, 0.3) is 12.2 Å². The predicted molar refractivity (Wildman–Crippen MR) is 83.4 cm³/mol. The average Bonchev–Trinajstić information content (AvgIpc) is 2.95. The first kappa shape index (κ1) is 14.8. The summed E-state index contributed by atoms with van der Waals surface area (Å²) in [7, 11) is 0. The van der Waals surface area contributed by atoms with Gasteiger partial charge in [0.15, 0.2) is 0 Å². The minimum Gasteiger partial charge on any atom is -0.463 e. The number of esters is 1. The van der Waals surface area contributed by atoms with Crippen molar-refractivity contribution in [3.05, 3.63) is 66.0 Å². The number of rotatable bonds is 6. The molecule has 0 saturated heterocycles. The van der Waals surface area contributed by atoms with Gasteiger partial charge >= 0.3 is 5.97 Å². The maximum atomic E-state index is 11.2. The topological polar surface area (TPSA) is 44.1 Å². The summed E-state index contributed by atoms with van der Waals surface area (Å²) in [6.07, 6.45) is 9.00. The van der Waals surface area contributed by atoms with Crippen LogP contribution < -0.4 is 0 Å². The van der Waals surface area contributed by atoms with Crippen molar-refractivity contribution in [3.63, 3.8) is 0 Å². The molecular weight excluding hydrogens is 264 g/mol. The molecule has 0 fully saturated rings. The van der Waals surface area contributed by atoms with Gasteiger partial charge in [-0.1, -0.05) is 42.5 Å². The summed E-state index contributed by atoms with van der Waals surface area (Å²) < 4.78 is 6.62. The highest BCUT2D eigenvalue weighted by Crippen LogP contribution is 2.03. The molecule has 4 nitrogen and oxygen atoms in total. The highest BCUT2D eigenvalue weighted by atomic mass is 16.5. The van der Waals surface area contributed by atoms with Crippen LogP contribution in [0.15, 0.2) is 54.7 Å². The second kappa shape index (κ2) is 7.85. The molecule has 1 heterocycles. The van der Waals surface area contributed by atoms with E-state index in [0.29, 0.717) is 13.2 Å². The zero-order valence-corrected chi connectivity index (χ0v) is 12.0. The fourth-order valence-electron chi connectivity index (χ4n) is 1.77. The Bertz CT molecular complexity index is 627. The van der Waals surface area contributed by atoms with Gasteiger partial charge in [0.1, 0.15) is 0 Å². The Hall–Kier alpha value is -2.62.